The van der Waals surface area contributed by atoms with E-state index in [2.05, 4.69) is 25.4 Å². The van der Waals surface area contributed by atoms with Gasteiger partial charge in [-0.1, -0.05) is 0 Å². The highest BCUT2D eigenvalue weighted by Gasteiger charge is 2.35. The lowest BCUT2D eigenvalue weighted by atomic mass is 9.92. The van der Waals surface area contributed by atoms with Crippen LogP contribution in [0, 0.1) is 13.8 Å². The first-order valence-corrected chi connectivity index (χ1v) is 9.66. The second-order valence-corrected chi connectivity index (χ2v) is 7.47. The minimum absolute atomic E-state index is 0.0760. The molecule has 1 N–H and O–H groups in total. The zero-order valence-corrected chi connectivity index (χ0v) is 16.2. The third-order valence-corrected chi connectivity index (χ3v) is 5.16. The summed E-state index contributed by atoms with van der Waals surface area (Å²) in [6.07, 6.45) is 0.550. The molecule has 0 unspecified atom stereocenters. The fraction of sp³-hybridized carbons (Fsp3) is 0.667. The molecule has 152 valence electrons. The van der Waals surface area contributed by atoms with Gasteiger partial charge in [-0.25, -0.2) is 13.5 Å². The van der Waals surface area contributed by atoms with Crippen molar-refractivity contribution in [3.8, 4) is 5.95 Å². The summed E-state index contributed by atoms with van der Waals surface area (Å²) in [5.74, 6) is -1.20. The molecule has 2 aromatic heterocycles. The lowest BCUT2D eigenvalue weighted by Gasteiger charge is -2.30. The van der Waals surface area contributed by atoms with Crippen LogP contribution in [0.15, 0.2) is 6.07 Å². The number of aryl methyl sites for hydroxylation is 2. The van der Waals surface area contributed by atoms with Gasteiger partial charge in [0.25, 0.3) is 5.95 Å². The third-order valence-electron chi connectivity index (χ3n) is 5.16. The lowest BCUT2D eigenvalue weighted by Crippen LogP contribution is -2.38. The number of nitrogens with zero attached hydrogens (tertiary/aromatic N) is 6. The number of hydrogen-bond donors (Lipinski definition) is 1. The largest absolute Gasteiger partial charge is 0.378 e. The number of morpholine rings is 1. The van der Waals surface area contributed by atoms with E-state index in [1.54, 1.807) is 4.68 Å². The first-order chi connectivity index (χ1) is 13.4. The molecule has 1 saturated heterocycles. The molecule has 2 aromatic rings. The molecule has 0 atom stereocenters. The van der Waals surface area contributed by atoms with Crippen molar-refractivity contribution in [2.45, 2.75) is 51.5 Å². The Morgan fingerprint density at radius 3 is 2.39 bits per heavy atom. The van der Waals surface area contributed by atoms with Crippen LogP contribution >= 0.6 is 0 Å². The lowest BCUT2D eigenvalue weighted by molar-refractivity contribution is -0.0361. The number of alkyl halides is 2. The van der Waals surface area contributed by atoms with Crippen molar-refractivity contribution in [3.63, 3.8) is 0 Å². The van der Waals surface area contributed by atoms with Gasteiger partial charge in [0, 0.05) is 37.7 Å². The molecule has 1 aliphatic heterocycles. The van der Waals surface area contributed by atoms with Crippen LogP contribution in [0.25, 0.3) is 5.95 Å². The van der Waals surface area contributed by atoms with Gasteiger partial charge >= 0.3 is 0 Å². The van der Waals surface area contributed by atoms with Gasteiger partial charge in [0.05, 0.1) is 18.9 Å². The zero-order valence-electron chi connectivity index (χ0n) is 16.2. The van der Waals surface area contributed by atoms with Crippen molar-refractivity contribution < 1.29 is 13.5 Å². The van der Waals surface area contributed by atoms with Gasteiger partial charge in [-0.3, -0.25) is 0 Å². The molecule has 1 saturated carbocycles. The molecule has 0 radical (unpaired) electrons. The molecule has 8 nitrogen and oxygen atoms in total. The maximum Gasteiger partial charge on any atom is 0.257 e. The monoisotopic (exact) mass is 393 g/mol. The molecule has 28 heavy (non-hydrogen) atoms. The highest BCUT2D eigenvalue weighted by Crippen LogP contribution is 2.34. The van der Waals surface area contributed by atoms with E-state index in [0.29, 0.717) is 57.0 Å². The van der Waals surface area contributed by atoms with Crippen LogP contribution < -0.4 is 10.2 Å². The van der Waals surface area contributed by atoms with Crippen LogP contribution in [0.4, 0.5) is 20.7 Å². The van der Waals surface area contributed by atoms with Gasteiger partial charge in [0.1, 0.15) is 0 Å². The van der Waals surface area contributed by atoms with Crippen molar-refractivity contribution >= 4 is 11.9 Å². The number of ether oxygens (including phenoxy) is 1. The third kappa shape index (κ3) is 4.21. The Bertz CT molecular complexity index is 825. The molecule has 0 amide bonds. The van der Waals surface area contributed by atoms with E-state index in [1.807, 2.05) is 24.8 Å². The van der Waals surface area contributed by atoms with Gasteiger partial charge in [0.2, 0.25) is 17.8 Å². The number of aromatic nitrogens is 5. The van der Waals surface area contributed by atoms with Crippen LogP contribution in [0.2, 0.25) is 0 Å². The second-order valence-electron chi connectivity index (χ2n) is 7.47. The zero-order chi connectivity index (χ0) is 19.7. The van der Waals surface area contributed by atoms with E-state index in [0.717, 1.165) is 11.4 Å². The number of nitrogens with one attached hydrogen (secondary N) is 1. The number of anilines is 2. The first-order valence-electron chi connectivity index (χ1n) is 9.66. The van der Waals surface area contributed by atoms with Crippen molar-refractivity contribution in [2.24, 2.45) is 0 Å². The highest BCUT2D eigenvalue weighted by molar-refractivity contribution is 5.41. The van der Waals surface area contributed by atoms with E-state index in [1.165, 1.54) is 0 Å². The minimum Gasteiger partial charge on any atom is -0.378 e. The second kappa shape index (κ2) is 7.57. The number of rotatable bonds is 4. The Balaban J connectivity index is 1.63. The Kier molecular flexibility index (Phi) is 5.13. The summed E-state index contributed by atoms with van der Waals surface area (Å²) < 4.78 is 34.0. The predicted molar refractivity (Wildman–Crippen MR) is 100 cm³/mol. The fourth-order valence-corrected chi connectivity index (χ4v) is 3.62. The Hall–Kier alpha value is -2.36. The van der Waals surface area contributed by atoms with E-state index >= 15 is 0 Å². The fourth-order valence-electron chi connectivity index (χ4n) is 3.62. The highest BCUT2D eigenvalue weighted by atomic mass is 19.3. The van der Waals surface area contributed by atoms with Crippen LogP contribution in [0.5, 0.6) is 0 Å². The molecule has 0 bridgehead atoms. The normalized spacial score (nSPS) is 20.4. The van der Waals surface area contributed by atoms with Crippen molar-refractivity contribution in [1.29, 1.82) is 0 Å². The van der Waals surface area contributed by atoms with Crippen molar-refractivity contribution in [1.82, 2.24) is 24.7 Å². The van der Waals surface area contributed by atoms with Gasteiger partial charge in [0.15, 0.2) is 0 Å². The van der Waals surface area contributed by atoms with Crippen molar-refractivity contribution in [2.75, 3.05) is 36.5 Å². The molecule has 0 aromatic carbocycles. The maximum absolute atomic E-state index is 13.5. The Morgan fingerprint density at radius 1 is 1.07 bits per heavy atom. The summed E-state index contributed by atoms with van der Waals surface area (Å²) in [6.45, 7) is 6.46. The number of halogens is 2. The van der Waals surface area contributed by atoms with Gasteiger partial charge in [-0.15, -0.1) is 0 Å². The average Bonchev–Trinajstić information content (AvgIpc) is 3.02. The molecule has 4 rings (SSSR count). The molecule has 3 heterocycles. The quantitative estimate of drug-likeness (QED) is 0.855. The molecule has 2 aliphatic rings. The van der Waals surface area contributed by atoms with Gasteiger partial charge < -0.3 is 15.0 Å². The average molecular weight is 393 g/mol. The van der Waals surface area contributed by atoms with Crippen LogP contribution in [-0.2, 0) is 4.74 Å². The predicted octanol–water partition coefficient (Wildman–Crippen LogP) is 2.50. The smallest absolute Gasteiger partial charge is 0.257 e. The topological polar surface area (TPSA) is 81.0 Å². The molecule has 2 fully saturated rings. The van der Waals surface area contributed by atoms with Crippen molar-refractivity contribution in [3.05, 3.63) is 17.5 Å². The summed E-state index contributed by atoms with van der Waals surface area (Å²) in [5, 5.41) is 7.71. The van der Waals surface area contributed by atoms with Crippen LogP contribution in [0.1, 0.15) is 37.1 Å². The Labute approximate surface area is 162 Å². The van der Waals surface area contributed by atoms with E-state index < -0.39 is 5.92 Å². The summed E-state index contributed by atoms with van der Waals surface area (Å²) >= 11 is 0. The maximum atomic E-state index is 13.5. The van der Waals surface area contributed by atoms with E-state index in [9.17, 15) is 8.78 Å². The SMILES string of the molecule is Cc1cc(C)n(-c2nc(NC3CCC(F)(F)CC3)nc(N3CCOCC3)n2)n1. The molecule has 0 spiro atoms. The van der Waals surface area contributed by atoms with Gasteiger partial charge in [-0.2, -0.15) is 20.1 Å². The summed E-state index contributed by atoms with van der Waals surface area (Å²) in [4.78, 5) is 15.7. The Morgan fingerprint density at radius 2 is 1.75 bits per heavy atom. The summed E-state index contributed by atoms with van der Waals surface area (Å²) in [5.41, 5.74) is 1.79. The molecule has 10 heteroatoms. The minimum atomic E-state index is -2.56. The van der Waals surface area contributed by atoms with E-state index in [4.69, 9.17) is 4.74 Å². The summed E-state index contributed by atoms with van der Waals surface area (Å²) in [7, 11) is 0. The van der Waals surface area contributed by atoms with Gasteiger partial charge in [-0.05, 0) is 32.8 Å². The number of hydrogen-bond acceptors (Lipinski definition) is 7. The first kappa shape index (κ1) is 19.0. The van der Waals surface area contributed by atoms with Crippen LogP contribution in [-0.4, -0.2) is 63.0 Å². The molecule has 1 aliphatic carbocycles. The molecular weight excluding hydrogens is 368 g/mol. The van der Waals surface area contributed by atoms with Crippen LogP contribution in [0.3, 0.4) is 0 Å². The van der Waals surface area contributed by atoms with E-state index in [-0.39, 0.29) is 18.9 Å². The molecular formula is C18H25F2N7O. The summed E-state index contributed by atoms with van der Waals surface area (Å²) in [6, 6.07) is 1.88. The standard InChI is InChI=1S/C18H25F2N7O/c1-12-11-13(2)27(25-12)17-23-15(21-14-3-5-18(19,20)6-4-14)22-16(24-17)26-7-9-28-10-8-26/h11,14H,3-10H2,1-2H3,(H,21,22,23,24).